The first kappa shape index (κ1) is 18.2. The first-order chi connectivity index (χ1) is 12.4. The molecule has 8 heteroatoms. The van der Waals surface area contributed by atoms with Crippen LogP contribution in [0.1, 0.15) is 16.9 Å². The van der Waals surface area contributed by atoms with Crippen LogP contribution in [0.15, 0.2) is 38.2 Å². The molecule has 0 unspecified atom stereocenters. The van der Waals surface area contributed by atoms with Gasteiger partial charge in [0, 0.05) is 22.1 Å². The normalized spacial score (nSPS) is 10.9. The number of nitrogens with one attached hydrogen (secondary N) is 1. The summed E-state index contributed by atoms with van der Waals surface area (Å²) in [5.74, 6) is 1.03. The highest BCUT2D eigenvalue weighted by atomic mass is 79.9. The molecule has 0 saturated heterocycles. The van der Waals surface area contributed by atoms with Crippen LogP contribution in [0.3, 0.4) is 0 Å². The van der Waals surface area contributed by atoms with Crippen molar-refractivity contribution in [1.29, 1.82) is 0 Å². The Morgan fingerprint density at radius 2 is 2.15 bits per heavy atom. The molecule has 2 heterocycles. The van der Waals surface area contributed by atoms with Gasteiger partial charge in [-0.3, -0.25) is 14.2 Å². The molecule has 7 nitrogen and oxygen atoms in total. The molecule has 136 valence electrons. The van der Waals surface area contributed by atoms with Gasteiger partial charge >= 0.3 is 0 Å². The molecule has 0 aliphatic carbocycles. The number of ether oxygens (including phenoxy) is 1. The lowest BCUT2D eigenvalue weighted by Gasteiger charge is -2.11. The number of hydrogen-bond acceptors (Lipinski definition) is 5. The maximum Gasteiger partial charge on any atom is 0.265 e. The summed E-state index contributed by atoms with van der Waals surface area (Å²) in [7, 11) is 1.57. The lowest BCUT2D eigenvalue weighted by Crippen LogP contribution is -2.32. The number of halogens is 1. The predicted molar refractivity (Wildman–Crippen MR) is 100 cm³/mol. The minimum Gasteiger partial charge on any atom is -0.496 e. The topological polar surface area (TPSA) is 86.4 Å². The fourth-order valence-corrected chi connectivity index (χ4v) is 3.08. The van der Waals surface area contributed by atoms with E-state index in [1.165, 1.54) is 10.9 Å². The second kappa shape index (κ2) is 7.33. The summed E-state index contributed by atoms with van der Waals surface area (Å²) in [6.07, 6.45) is 1.33. The number of nitrogens with zero attached hydrogens (tertiary/aromatic N) is 2. The smallest absolute Gasteiger partial charge is 0.265 e. The lowest BCUT2D eigenvalue weighted by molar-refractivity contribution is -0.121. The van der Waals surface area contributed by atoms with Crippen LogP contribution in [0.4, 0.5) is 0 Å². The van der Waals surface area contributed by atoms with Gasteiger partial charge in [0.05, 0.1) is 7.11 Å². The van der Waals surface area contributed by atoms with Crippen molar-refractivity contribution < 1.29 is 13.9 Å². The van der Waals surface area contributed by atoms with Gasteiger partial charge in [0.2, 0.25) is 11.6 Å². The summed E-state index contributed by atoms with van der Waals surface area (Å²) in [4.78, 5) is 29.0. The van der Waals surface area contributed by atoms with Crippen molar-refractivity contribution >= 4 is 32.9 Å². The van der Waals surface area contributed by atoms with Crippen LogP contribution in [0.5, 0.6) is 5.75 Å². The zero-order valence-electron chi connectivity index (χ0n) is 14.6. The Morgan fingerprint density at radius 3 is 2.88 bits per heavy atom. The summed E-state index contributed by atoms with van der Waals surface area (Å²) >= 11 is 3.40. The fourth-order valence-electron chi connectivity index (χ4n) is 2.67. The number of amides is 1. The molecule has 1 amide bonds. The fraction of sp³-hybridized carbons (Fsp3) is 0.278. The Morgan fingerprint density at radius 1 is 1.38 bits per heavy atom. The monoisotopic (exact) mass is 419 g/mol. The molecule has 0 bridgehead atoms. The maximum atomic E-state index is 12.6. The molecular formula is C18H18BrN3O4. The molecule has 1 N–H and O–H groups in total. The van der Waals surface area contributed by atoms with Crippen molar-refractivity contribution in [3.8, 4) is 5.75 Å². The molecule has 0 spiro atoms. The Balaban J connectivity index is 1.76. The molecule has 3 rings (SSSR count). The number of aryl methyl sites for hydroxylation is 2. The number of furan rings is 1. The third kappa shape index (κ3) is 3.50. The van der Waals surface area contributed by atoms with Gasteiger partial charge < -0.3 is 14.5 Å². The summed E-state index contributed by atoms with van der Waals surface area (Å²) < 4.78 is 12.9. The van der Waals surface area contributed by atoms with E-state index in [2.05, 4.69) is 26.2 Å². The molecule has 0 fully saturated rings. The quantitative estimate of drug-likeness (QED) is 0.686. The van der Waals surface area contributed by atoms with E-state index in [0.29, 0.717) is 22.6 Å². The number of benzene rings is 1. The van der Waals surface area contributed by atoms with Crippen LogP contribution < -0.4 is 15.6 Å². The molecule has 26 heavy (non-hydrogen) atoms. The van der Waals surface area contributed by atoms with Crippen LogP contribution in [-0.2, 0) is 17.9 Å². The summed E-state index contributed by atoms with van der Waals surface area (Å²) in [5, 5.41) is 3.20. The highest BCUT2D eigenvalue weighted by Gasteiger charge is 2.15. The van der Waals surface area contributed by atoms with Gasteiger partial charge in [-0.15, -0.1) is 0 Å². The first-order valence-electron chi connectivity index (χ1n) is 7.95. The van der Waals surface area contributed by atoms with Crippen molar-refractivity contribution in [3.05, 3.63) is 56.2 Å². The number of carbonyl (C=O) groups excluding carboxylic acids is 1. The van der Waals surface area contributed by atoms with E-state index >= 15 is 0 Å². The molecule has 0 aliphatic rings. The van der Waals surface area contributed by atoms with Crippen molar-refractivity contribution in [2.45, 2.75) is 26.9 Å². The highest BCUT2D eigenvalue weighted by Crippen LogP contribution is 2.22. The summed E-state index contributed by atoms with van der Waals surface area (Å²) in [5.41, 5.74) is 1.57. The van der Waals surface area contributed by atoms with Crippen LogP contribution >= 0.6 is 15.9 Å². The molecule has 0 radical (unpaired) electrons. The van der Waals surface area contributed by atoms with Crippen LogP contribution in [0.25, 0.3) is 11.1 Å². The molecular weight excluding hydrogens is 402 g/mol. The Kier molecular flexibility index (Phi) is 5.13. The number of aromatic nitrogens is 2. The third-order valence-electron chi connectivity index (χ3n) is 4.19. The van der Waals surface area contributed by atoms with Gasteiger partial charge in [0.1, 0.15) is 29.8 Å². The van der Waals surface area contributed by atoms with Gasteiger partial charge in [-0.1, -0.05) is 15.9 Å². The SMILES string of the molecule is COc1ccc(Br)cc1CNC(=O)Cn1cnc2oc(C)c(C)c2c1=O. The Hall–Kier alpha value is -2.61. The number of rotatable bonds is 5. The predicted octanol–water partition coefficient (Wildman–Crippen LogP) is 2.69. The Labute approximate surface area is 158 Å². The van der Waals surface area contributed by atoms with Crippen LogP contribution in [0, 0.1) is 13.8 Å². The summed E-state index contributed by atoms with van der Waals surface area (Å²) in [6, 6.07) is 5.55. The second-order valence-electron chi connectivity index (χ2n) is 5.87. The molecule has 3 aromatic rings. The third-order valence-corrected chi connectivity index (χ3v) is 4.68. The largest absolute Gasteiger partial charge is 0.496 e. The molecule has 2 aromatic heterocycles. The van der Waals surface area contributed by atoms with E-state index in [1.54, 1.807) is 21.0 Å². The number of carbonyl (C=O) groups is 1. The summed E-state index contributed by atoms with van der Waals surface area (Å²) in [6.45, 7) is 3.74. The van der Waals surface area contributed by atoms with Gasteiger partial charge in [-0.25, -0.2) is 4.98 Å². The van der Waals surface area contributed by atoms with Crippen molar-refractivity contribution in [2.75, 3.05) is 7.11 Å². The minimum atomic E-state index is -0.298. The standard InChI is InChI=1S/C18H18BrN3O4/c1-10-11(2)26-17-16(10)18(24)22(9-21-17)8-15(23)20-7-12-6-13(19)4-5-14(12)25-3/h4-6,9H,7-8H2,1-3H3,(H,20,23). The average Bonchev–Trinajstić information content (AvgIpc) is 2.91. The molecule has 0 aliphatic heterocycles. The van der Waals surface area contributed by atoms with Crippen molar-refractivity contribution in [3.63, 3.8) is 0 Å². The number of methoxy groups -OCH3 is 1. The van der Waals surface area contributed by atoms with E-state index in [-0.39, 0.29) is 24.6 Å². The highest BCUT2D eigenvalue weighted by molar-refractivity contribution is 9.10. The average molecular weight is 420 g/mol. The van der Waals surface area contributed by atoms with E-state index in [4.69, 9.17) is 9.15 Å². The lowest BCUT2D eigenvalue weighted by atomic mass is 10.2. The molecule has 0 saturated carbocycles. The maximum absolute atomic E-state index is 12.6. The number of hydrogen-bond donors (Lipinski definition) is 1. The van der Waals surface area contributed by atoms with Gasteiger partial charge in [0.25, 0.3) is 5.56 Å². The Bertz CT molecular complexity index is 1040. The van der Waals surface area contributed by atoms with E-state index < -0.39 is 0 Å². The molecule has 1 aromatic carbocycles. The second-order valence-corrected chi connectivity index (χ2v) is 6.79. The van der Waals surface area contributed by atoms with Crippen LogP contribution in [-0.4, -0.2) is 22.6 Å². The van der Waals surface area contributed by atoms with Gasteiger partial charge in [-0.05, 0) is 32.0 Å². The van der Waals surface area contributed by atoms with Gasteiger partial charge in [-0.2, -0.15) is 0 Å². The molecule has 0 atom stereocenters. The zero-order chi connectivity index (χ0) is 18.8. The van der Waals surface area contributed by atoms with E-state index in [1.807, 2.05) is 18.2 Å². The van der Waals surface area contributed by atoms with E-state index in [9.17, 15) is 9.59 Å². The number of fused-ring (bicyclic) bond motifs is 1. The first-order valence-corrected chi connectivity index (χ1v) is 8.74. The van der Waals surface area contributed by atoms with Gasteiger partial charge in [0.15, 0.2) is 0 Å². The van der Waals surface area contributed by atoms with Crippen molar-refractivity contribution in [1.82, 2.24) is 14.9 Å². The van der Waals surface area contributed by atoms with E-state index in [0.717, 1.165) is 15.6 Å². The van der Waals surface area contributed by atoms with Crippen LogP contribution in [0.2, 0.25) is 0 Å². The van der Waals surface area contributed by atoms with Crippen molar-refractivity contribution in [2.24, 2.45) is 0 Å². The zero-order valence-corrected chi connectivity index (χ0v) is 16.2. The minimum absolute atomic E-state index is 0.123.